The van der Waals surface area contributed by atoms with Gasteiger partial charge in [-0.05, 0) is 23.8 Å². The van der Waals surface area contributed by atoms with Crippen molar-refractivity contribution in [2.45, 2.75) is 39.3 Å². The highest BCUT2D eigenvalue weighted by Gasteiger charge is 2.38. The van der Waals surface area contributed by atoms with Gasteiger partial charge in [0.25, 0.3) is 0 Å². The van der Waals surface area contributed by atoms with Crippen LogP contribution in [0.5, 0.6) is 0 Å². The molecule has 1 aromatic rings. The van der Waals surface area contributed by atoms with Crippen molar-refractivity contribution in [3.63, 3.8) is 0 Å². The molecule has 1 aliphatic rings. The summed E-state index contributed by atoms with van der Waals surface area (Å²) in [5, 5.41) is 0. The number of benzene rings is 1. The van der Waals surface area contributed by atoms with Crippen LogP contribution in [0.4, 0.5) is 0 Å². The molecule has 2 rings (SSSR count). The number of nitrogens with two attached hydrogens (primary N) is 1. The van der Waals surface area contributed by atoms with Gasteiger partial charge in [-0.25, -0.2) is 0 Å². The van der Waals surface area contributed by atoms with Crippen molar-refractivity contribution in [1.29, 1.82) is 0 Å². The molecule has 1 fully saturated rings. The van der Waals surface area contributed by atoms with Crippen molar-refractivity contribution in [2.24, 2.45) is 11.1 Å². The molecule has 1 saturated carbocycles. The van der Waals surface area contributed by atoms with Gasteiger partial charge in [-0.1, -0.05) is 44.2 Å². The van der Waals surface area contributed by atoms with Crippen LogP contribution in [0.2, 0.25) is 0 Å². The summed E-state index contributed by atoms with van der Waals surface area (Å²) in [6, 6.07) is 11.4. The zero-order valence-corrected chi connectivity index (χ0v) is 11.0. The summed E-state index contributed by atoms with van der Waals surface area (Å²) in [5.41, 5.74) is 7.66. The minimum absolute atomic E-state index is 0.536. The van der Waals surface area contributed by atoms with E-state index in [4.69, 9.17) is 5.73 Å². The Balaban J connectivity index is 1.94. The van der Waals surface area contributed by atoms with Gasteiger partial charge < -0.3 is 5.73 Å². The topological polar surface area (TPSA) is 29.3 Å². The van der Waals surface area contributed by atoms with E-state index >= 15 is 0 Å². The highest BCUT2D eigenvalue weighted by atomic mass is 15.2. The highest BCUT2D eigenvalue weighted by Crippen LogP contribution is 2.42. The number of hydrogen-bond acceptors (Lipinski definition) is 2. The Kier molecular flexibility index (Phi) is 3.85. The maximum atomic E-state index is 5.73. The Morgan fingerprint density at radius 1 is 1.24 bits per heavy atom. The van der Waals surface area contributed by atoms with E-state index in [0.29, 0.717) is 5.41 Å². The lowest BCUT2D eigenvalue weighted by molar-refractivity contribution is 0.0225. The van der Waals surface area contributed by atoms with E-state index < -0.39 is 0 Å². The lowest BCUT2D eigenvalue weighted by Gasteiger charge is -2.48. The summed E-state index contributed by atoms with van der Waals surface area (Å²) in [4.78, 5) is 2.54. The first-order chi connectivity index (χ1) is 8.11. The van der Waals surface area contributed by atoms with Gasteiger partial charge in [0.1, 0.15) is 0 Å². The molecule has 0 radical (unpaired) electrons. The molecule has 0 aromatic heterocycles. The van der Waals surface area contributed by atoms with Gasteiger partial charge in [0.2, 0.25) is 0 Å². The van der Waals surface area contributed by atoms with Crippen LogP contribution in [0.15, 0.2) is 30.3 Å². The number of rotatable bonds is 5. The Morgan fingerprint density at radius 3 is 2.41 bits per heavy atom. The third-order valence-corrected chi connectivity index (χ3v) is 3.74. The summed E-state index contributed by atoms with van der Waals surface area (Å²) >= 11 is 0. The van der Waals surface area contributed by atoms with Crippen molar-refractivity contribution in [3.05, 3.63) is 35.9 Å². The minimum atomic E-state index is 0.536. The molecule has 1 aliphatic carbocycles. The molecule has 2 heteroatoms. The Labute approximate surface area is 105 Å². The maximum Gasteiger partial charge on any atom is 0.0237 e. The van der Waals surface area contributed by atoms with E-state index in [0.717, 1.165) is 25.7 Å². The van der Waals surface area contributed by atoms with Gasteiger partial charge in [0.05, 0.1) is 0 Å². The molecule has 0 bridgehead atoms. The second-order valence-corrected chi connectivity index (χ2v) is 5.97. The first-order valence-electron chi connectivity index (χ1n) is 6.59. The lowest BCUT2D eigenvalue weighted by Crippen LogP contribution is -2.49. The molecule has 0 heterocycles. The predicted molar refractivity (Wildman–Crippen MR) is 72.7 cm³/mol. The van der Waals surface area contributed by atoms with Gasteiger partial charge in [-0.15, -0.1) is 0 Å². The molecule has 0 aliphatic heterocycles. The maximum absolute atomic E-state index is 5.73. The second kappa shape index (κ2) is 5.19. The highest BCUT2D eigenvalue weighted by molar-refractivity contribution is 5.15. The van der Waals surface area contributed by atoms with Crippen molar-refractivity contribution in [1.82, 2.24) is 4.90 Å². The van der Waals surface area contributed by atoms with E-state index in [1.807, 2.05) is 0 Å². The molecule has 1 aromatic carbocycles. The van der Waals surface area contributed by atoms with E-state index in [2.05, 4.69) is 49.1 Å². The summed E-state index contributed by atoms with van der Waals surface area (Å²) in [6.45, 7) is 7.51. The zero-order valence-electron chi connectivity index (χ0n) is 11.0. The molecule has 0 spiro atoms. The molecular formula is C15H24N2. The smallest absolute Gasteiger partial charge is 0.0237 e. The fourth-order valence-electron chi connectivity index (χ4n) is 2.85. The van der Waals surface area contributed by atoms with Crippen LogP contribution in [0.1, 0.15) is 32.3 Å². The zero-order chi connectivity index (χ0) is 12.3. The fraction of sp³-hybridized carbons (Fsp3) is 0.600. The summed E-state index contributed by atoms with van der Waals surface area (Å²) in [5.74, 6) is 0. The second-order valence-electron chi connectivity index (χ2n) is 5.97. The SMILES string of the molecule is CC1(C)CC(N(CCN)Cc2ccccc2)C1. The van der Waals surface area contributed by atoms with Gasteiger partial charge >= 0.3 is 0 Å². The van der Waals surface area contributed by atoms with Gasteiger partial charge in [-0.3, -0.25) is 4.90 Å². The largest absolute Gasteiger partial charge is 0.329 e. The molecule has 17 heavy (non-hydrogen) atoms. The quantitative estimate of drug-likeness (QED) is 0.845. The molecule has 94 valence electrons. The Hall–Kier alpha value is -0.860. The van der Waals surface area contributed by atoms with Crippen LogP contribution < -0.4 is 5.73 Å². The first kappa shape index (κ1) is 12.6. The van der Waals surface area contributed by atoms with Crippen LogP contribution >= 0.6 is 0 Å². The van der Waals surface area contributed by atoms with Gasteiger partial charge in [-0.2, -0.15) is 0 Å². The molecule has 0 saturated heterocycles. The Bertz CT molecular complexity index is 337. The lowest BCUT2D eigenvalue weighted by atomic mass is 9.68. The molecule has 0 amide bonds. The normalized spacial score (nSPS) is 19.3. The van der Waals surface area contributed by atoms with Crippen molar-refractivity contribution in [2.75, 3.05) is 13.1 Å². The van der Waals surface area contributed by atoms with Crippen LogP contribution in [0, 0.1) is 5.41 Å². The predicted octanol–water partition coefficient (Wildman–Crippen LogP) is 2.64. The van der Waals surface area contributed by atoms with E-state index in [1.54, 1.807) is 0 Å². The van der Waals surface area contributed by atoms with Gasteiger partial charge in [0.15, 0.2) is 0 Å². The van der Waals surface area contributed by atoms with E-state index in [1.165, 1.54) is 18.4 Å². The molecule has 2 nitrogen and oxygen atoms in total. The molecule has 0 unspecified atom stereocenters. The summed E-state index contributed by atoms with van der Waals surface area (Å²) in [7, 11) is 0. The van der Waals surface area contributed by atoms with Crippen molar-refractivity contribution < 1.29 is 0 Å². The summed E-state index contributed by atoms with van der Waals surface area (Å²) in [6.07, 6.45) is 2.61. The fourth-order valence-corrected chi connectivity index (χ4v) is 2.85. The van der Waals surface area contributed by atoms with Crippen LogP contribution in [-0.4, -0.2) is 24.0 Å². The first-order valence-corrected chi connectivity index (χ1v) is 6.59. The third-order valence-electron chi connectivity index (χ3n) is 3.74. The average Bonchev–Trinajstić information content (AvgIpc) is 2.27. The Morgan fingerprint density at radius 2 is 1.88 bits per heavy atom. The van der Waals surface area contributed by atoms with E-state index in [-0.39, 0.29) is 0 Å². The minimum Gasteiger partial charge on any atom is -0.329 e. The molecule has 0 atom stereocenters. The average molecular weight is 232 g/mol. The van der Waals surface area contributed by atoms with Crippen molar-refractivity contribution in [3.8, 4) is 0 Å². The van der Waals surface area contributed by atoms with Crippen LogP contribution in [0.3, 0.4) is 0 Å². The van der Waals surface area contributed by atoms with Crippen LogP contribution in [-0.2, 0) is 6.54 Å². The summed E-state index contributed by atoms with van der Waals surface area (Å²) < 4.78 is 0. The monoisotopic (exact) mass is 232 g/mol. The van der Waals surface area contributed by atoms with E-state index in [9.17, 15) is 0 Å². The number of hydrogen-bond donors (Lipinski definition) is 1. The number of nitrogens with zero attached hydrogens (tertiary/aromatic N) is 1. The third kappa shape index (κ3) is 3.30. The molecular weight excluding hydrogens is 208 g/mol. The van der Waals surface area contributed by atoms with Crippen LogP contribution in [0.25, 0.3) is 0 Å². The standard InChI is InChI=1S/C15H24N2/c1-15(2)10-14(11-15)17(9-8-16)12-13-6-4-3-5-7-13/h3-7,14H,8-12,16H2,1-2H3. The van der Waals surface area contributed by atoms with Crippen molar-refractivity contribution >= 4 is 0 Å². The van der Waals surface area contributed by atoms with Gasteiger partial charge in [0, 0.05) is 25.7 Å². The molecule has 2 N–H and O–H groups in total.